The van der Waals surface area contributed by atoms with E-state index >= 15 is 0 Å². The lowest BCUT2D eigenvalue weighted by atomic mass is 9.94. The average Bonchev–Trinajstić information content (AvgIpc) is 2.57. The van der Waals surface area contributed by atoms with E-state index in [9.17, 15) is 14.7 Å². The first-order valence-electron chi connectivity index (χ1n) is 7.57. The molecule has 0 aromatic heterocycles. The monoisotopic (exact) mass is 340 g/mol. The van der Waals surface area contributed by atoms with Crippen molar-refractivity contribution < 1.29 is 24.2 Å². The second-order valence-corrected chi connectivity index (χ2v) is 6.27. The molecule has 0 radical (unpaired) electrons. The third kappa shape index (κ3) is 7.41. The Bertz CT molecular complexity index is 504. The summed E-state index contributed by atoms with van der Waals surface area (Å²) in [5, 5.41) is 10.0. The van der Waals surface area contributed by atoms with Gasteiger partial charge in [0.2, 0.25) is 0 Å². The van der Waals surface area contributed by atoms with E-state index in [4.69, 9.17) is 0 Å². The van der Waals surface area contributed by atoms with Crippen molar-refractivity contribution in [2.45, 2.75) is 31.6 Å². The number of hydrogen-bond acceptors (Lipinski definition) is 6. The highest BCUT2D eigenvalue weighted by molar-refractivity contribution is 7.99. The van der Waals surface area contributed by atoms with Gasteiger partial charge in [0, 0.05) is 17.9 Å². The van der Waals surface area contributed by atoms with Crippen LogP contribution in [0.3, 0.4) is 0 Å². The van der Waals surface area contributed by atoms with Crippen LogP contribution in [0.5, 0.6) is 5.75 Å². The smallest absolute Gasteiger partial charge is 0.306 e. The number of esters is 2. The van der Waals surface area contributed by atoms with Crippen molar-refractivity contribution in [3.8, 4) is 5.75 Å². The molecule has 0 amide bonds. The Hall–Kier alpha value is -1.69. The predicted molar refractivity (Wildman–Crippen MR) is 90.7 cm³/mol. The molecule has 1 unspecified atom stereocenters. The van der Waals surface area contributed by atoms with Gasteiger partial charge in [-0.1, -0.05) is 18.2 Å². The third-order valence-electron chi connectivity index (χ3n) is 3.53. The Morgan fingerprint density at radius 3 is 2.43 bits per heavy atom. The highest BCUT2D eigenvalue weighted by atomic mass is 32.2. The molecule has 128 valence electrons. The van der Waals surface area contributed by atoms with Gasteiger partial charge in [-0.25, -0.2) is 0 Å². The van der Waals surface area contributed by atoms with Gasteiger partial charge in [0.15, 0.2) is 0 Å². The number of ether oxygens (including phenoxy) is 2. The standard InChI is InChI=1S/C17H24O5S/c1-21-16(19)9-5-6-13(12-23-11-10-17(20)22-2)14-7-3-4-8-15(14)18/h3-4,7-8,13,18H,5-6,9-12H2,1-2H3. The van der Waals surface area contributed by atoms with E-state index in [1.807, 2.05) is 12.1 Å². The summed E-state index contributed by atoms with van der Waals surface area (Å²) in [5.41, 5.74) is 0.878. The van der Waals surface area contributed by atoms with Crippen LogP contribution in [-0.2, 0) is 19.1 Å². The molecule has 1 aromatic carbocycles. The summed E-state index contributed by atoms with van der Waals surface area (Å²) in [6.07, 6.45) is 2.21. The van der Waals surface area contributed by atoms with Gasteiger partial charge in [0.1, 0.15) is 5.75 Å². The van der Waals surface area contributed by atoms with Gasteiger partial charge in [-0.2, -0.15) is 11.8 Å². The van der Waals surface area contributed by atoms with Gasteiger partial charge < -0.3 is 14.6 Å². The topological polar surface area (TPSA) is 72.8 Å². The van der Waals surface area contributed by atoms with E-state index < -0.39 is 0 Å². The Kier molecular flexibility index (Phi) is 9.21. The highest BCUT2D eigenvalue weighted by Gasteiger charge is 2.16. The normalized spacial score (nSPS) is 11.7. The molecule has 5 nitrogen and oxygen atoms in total. The fourth-order valence-corrected chi connectivity index (χ4v) is 3.35. The van der Waals surface area contributed by atoms with Gasteiger partial charge in [0.05, 0.1) is 20.6 Å². The number of carbonyl (C=O) groups excluding carboxylic acids is 2. The minimum absolute atomic E-state index is 0.128. The highest BCUT2D eigenvalue weighted by Crippen LogP contribution is 2.32. The number of phenolic OH excluding ortho intramolecular Hbond substituents is 1. The Morgan fingerprint density at radius 2 is 1.78 bits per heavy atom. The maximum atomic E-state index is 11.2. The first kappa shape index (κ1) is 19.4. The van der Waals surface area contributed by atoms with Crippen molar-refractivity contribution in [1.82, 2.24) is 0 Å². The minimum Gasteiger partial charge on any atom is -0.508 e. The molecule has 1 atom stereocenters. The van der Waals surface area contributed by atoms with Gasteiger partial charge >= 0.3 is 11.9 Å². The third-order valence-corrected chi connectivity index (χ3v) is 4.67. The molecule has 0 aliphatic carbocycles. The number of benzene rings is 1. The molecule has 0 aliphatic heterocycles. The van der Waals surface area contributed by atoms with Crippen LogP contribution in [0, 0.1) is 0 Å². The minimum atomic E-state index is -0.223. The quantitative estimate of drug-likeness (QED) is 0.521. The molecule has 23 heavy (non-hydrogen) atoms. The SMILES string of the molecule is COC(=O)CCCC(CSCCC(=O)OC)c1ccccc1O. The van der Waals surface area contributed by atoms with Crippen LogP contribution in [0.2, 0.25) is 0 Å². The molecule has 0 fully saturated rings. The summed E-state index contributed by atoms with van der Waals surface area (Å²) >= 11 is 1.65. The van der Waals surface area contributed by atoms with E-state index in [0.29, 0.717) is 25.0 Å². The summed E-state index contributed by atoms with van der Waals surface area (Å²) in [6.45, 7) is 0. The number of aromatic hydroxyl groups is 1. The maximum Gasteiger partial charge on any atom is 0.306 e. The number of hydrogen-bond donors (Lipinski definition) is 1. The van der Waals surface area contributed by atoms with Crippen molar-refractivity contribution in [3.05, 3.63) is 29.8 Å². The van der Waals surface area contributed by atoms with E-state index in [-0.39, 0.29) is 23.6 Å². The van der Waals surface area contributed by atoms with Crippen molar-refractivity contribution in [2.24, 2.45) is 0 Å². The van der Waals surface area contributed by atoms with Crippen molar-refractivity contribution in [3.63, 3.8) is 0 Å². The lowest BCUT2D eigenvalue weighted by molar-refractivity contribution is -0.141. The van der Waals surface area contributed by atoms with Crippen LogP contribution in [0.1, 0.15) is 37.2 Å². The number of thioether (sulfide) groups is 1. The fourth-order valence-electron chi connectivity index (χ4n) is 2.24. The van der Waals surface area contributed by atoms with Crippen LogP contribution >= 0.6 is 11.8 Å². The lowest BCUT2D eigenvalue weighted by Crippen LogP contribution is -2.07. The van der Waals surface area contributed by atoms with Gasteiger partial charge in [-0.3, -0.25) is 9.59 Å². The number of rotatable bonds is 10. The maximum absolute atomic E-state index is 11.2. The zero-order valence-electron chi connectivity index (χ0n) is 13.6. The summed E-state index contributed by atoms with van der Waals surface area (Å²) in [6, 6.07) is 7.25. The molecule has 0 heterocycles. The average molecular weight is 340 g/mol. The first-order chi connectivity index (χ1) is 11.1. The van der Waals surface area contributed by atoms with Crippen LogP contribution in [0.4, 0.5) is 0 Å². The zero-order valence-corrected chi connectivity index (χ0v) is 14.4. The molecule has 1 rings (SSSR count). The lowest BCUT2D eigenvalue weighted by Gasteiger charge is -2.18. The molecule has 1 aromatic rings. The molecule has 0 spiro atoms. The summed E-state index contributed by atoms with van der Waals surface area (Å²) < 4.78 is 9.27. The molecule has 6 heteroatoms. The van der Waals surface area contributed by atoms with E-state index in [2.05, 4.69) is 9.47 Å². The number of carbonyl (C=O) groups is 2. The zero-order chi connectivity index (χ0) is 17.1. The predicted octanol–water partition coefficient (Wildman–Crippen LogP) is 3.12. The second-order valence-electron chi connectivity index (χ2n) is 5.13. The van der Waals surface area contributed by atoms with E-state index in [1.54, 1.807) is 23.9 Å². The van der Waals surface area contributed by atoms with Crippen LogP contribution in [0.25, 0.3) is 0 Å². The van der Waals surface area contributed by atoms with Gasteiger partial charge in [-0.15, -0.1) is 0 Å². The molecule has 0 saturated heterocycles. The van der Waals surface area contributed by atoms with Crippen molar-refractivity contribution in [1.29, 1.82) is 0 Å². The summed E-state index contributed by atoms with van der Waals surface area (Å²) in [4.78, 5) is 22.4. The Balaban J connectivity index is 2.56. The molecular formula is C17H24O5S. The molecule has 0 saturated carbocycles. The number of phenols is 1. The summed E-state index contributed by atoms with van der Waals surface area (Å²) in [5.74, 6) is 1.40. The first-order valence-corrected chi connectivity index (χ1v) is 8.73. The summed E-state index contributed by atoms with van der Waals surface area (Å²) in [7, 11) is 2.76. The second kappa shape index (κ2) is 10.9. The van der Waals surface area contributed by atoms with Crippen LogP contribution in [0.15, 0.2) is 24.3 Å². The largest absolute Gasteiger partial charge is 0.508 e. The van der Waals surface area contributed by atoms with E-state index in [1.165, 1.54) is 14.2 Å². The molecular weight excluding hydrogens is 316 g/mol. The van der Waals surface area contributed by atoms with E-state index in [0.717, 1.165) is 17.7 Å². The molecule has 0 bridgehead atoms. The van der Waals surface area contributed by atoms with Crippen LogP contribution in [-0.4, -0.2) is 42.8 Å². The van der Waals surface area contributed by atoms with Crippen molar-refractivity contribution >= 4 is 23.7 Å². The van der Waals surface area contributed by atoms with Gasteiger partial charge in [-0.05, 0) is 30.4 Å². The number of para-hydroxylation sites is 1. The molecule has 1 N–H and O–H groups in total. The van der Waals surface area contributed by atoms with Gasteiger partial charge in [0.25, 0.3) is 0 Å². The molecule has 0 aliphatic rings. The van der Waals surface area contributed by atoms with Crippen LogP contribution < -0.4 is 0 Å². The van der Waals surface area contributed by atoms with Crippen molar-refractivity contribution in [2.75, 3.05) is 25.7 Å². The Morgan fingerprint density at radius 1 is 1.13 bits per heavy atom. The number of methoxy groups -OCH3 is 2. The Labute approximate surface area is 141 Å². The fraction of sp³-hybridized carbons (Fsp3) is 0.529.